The monoisotopic (exact) mass is 444 g/mol. The Balaban J connectivity index is 0. The molecule has 1 saturated heterocycles. The number of rotatable bonds is 1. The van der Waals surface area contributed by atoms with Crippen LogP contribution in [-0.4, -0.2) is 25.4 Å². The summed E-state index contributed by atoms with van der Waals surface area (Å²) in [6, 6.07) is 0. The van der Waals surface area contributed by atoms with Gasteiger partial charge in [0.05, 0.1) is 12.2 Å². The Kier molecular flexibility index (Phi) is 10.2. The van der Waals surface area contributed by atoms with Gasteiger partial charge in [-0.15, -0.1) is 0 Å². The van der Waals surface area contributed by atoms with Crippen LogP contribution >= 0.6 is 0 Å². The summed E-state index contributed by atoms with van der Waals surface area (Å²) in [5, 5.41) is 0. The first-order valence-electron chi connectivity index (χ1n) is 4.59. The second-order valence-electron chi connectivity index (χ2n) is 3.80. The summed E-state index contributed by atoms with van der Waals surface area (Å²) in [7, 11) is 1.75. The summed E-state index contributed by atoms with van der Waals surface area (Å²) < 4.78 is 11.0. The first kappa shape index (κ1) is 18.1. The van der Waals surface area contributed by atoms with Crippen molar-refractivity contribution in [1.82, 2.24) is 0 Å². The number of methoxy groups -OCH3 is 1. The molecule has 0 saturated carbocycles. The number of hydrogen-bond acceptors (Lipinski definition) is 2. The summed E-state index contributed by atoms with van der Waals surface area (Å²) >= 11 is 0. The summed E-state index contributed by atoms with van der Waals surface area (Å²) in [6.07, 6.45) is 0.503. The van der Waals surface area contributed by atoms with Crippen molar-refractivity contribution >= 4 is 0 Å². The SMILES string of the molecule is [CH2-]C1O[C@@H](C)C(OC)C(C)[C@H]1C.[W].[Y]. The molecular formula is C10H19O2WY-. The fourth-order valence-electron chi connectivity index (χ4n) is 1.95. The molecule has 1 aliphatic rings. The summed E-state index contributed by atoms with van der Waals surface area (Å²) in [5.74, 6) is 1.01. The zero-order valence-corrected chi connectivity index (χ0v) is 15.2. The summed E-state index contributed by atoms with van der Waals surface area (Å²) in [6.45, 7) is 10.4. The van der Waals surface area contributed by atoms with Gasteiger partial charge >= 0.3 is 0 Å². The minimum Gasteiger partial charge on any atom is -0.404 e. The molecular weight excluding hydrogens is 425 g/mol. The Labute approximate surface area is 127 Å². The fourth-order valence-corrected chi connectivity index (χ4v) is 1.95. The Morgan fingerprint density at radius 3 is 2.07 bits per heavy atom. The number of hydrogen-bond donors (Lipinski definition) is 0. The minimum absolute atomic E-state index is 0. The molecule has 81 valence electrons. The smallest absolute Gasteiger partial charge is 0.0856 e. The molecule has 14 heavy (non-hydrogen) atoms. The first-order valence-corrected chi connectivity index (χ1v) is 4.59. The van der Waals surface area contributed by atoms with Gasteiger partial charge in [-0.3, -0.25) is 0 Å². The van der Waals surface area contributed by atoms with Crippen LogP contribution < -0.4 is 0 Å². The number of ether oxygens (including phenoxy) is 2. The van der Waals surface area contributed by atoms with E-state index in [2.05, 4.69) is 27.7 Å². The van der Waals surface area contributed by atoms with Crippen LogP contribution in [0.15, 0.2) is 0 Å². The van der Waals surface area contributed by atoms with Gasteiger partial charge in [-0.2, -0.15) is 0 Å². The molecule has 0 aromatic carbocycles. The van der Waals surface area contributed by atoms with Crippen LogP contribution in [-0.2, 0) is 63.2 Å². The Bertz CT molecular complexity index is 157. The van der Waals surface area contributed by atoms with Crippen LogP contribution in [0.5, 0.6) is 0 Å². The van der Waals surface area contributed by atoms with Gasteiger partial charge in [-0.05, 0) is 18.8 Å². The molecule has 5 atom stereocenters. The Morgan fingerprint density at radius 1 is 1.14 bits per heavy atom. The fraction of sp³-hybridized carbons (Fsp3) is 0.900. The van der Waals surface area contributed by atoms with E-state index in [9.17, 15) is 0 Å². The van der Waals surface area contributed by atoms with Crippen molar-refractivity contribution in [2.75, 3.05) is 7.11 Å². The average Bonchev–Trinajstić information content (AvgIpc) is 2.01. The maximum Gasteiger partial charge on any atom is 0.0856 e. The molecule has 0 aliphatic carbocycles. The second kappa shape index (κ2) is 7.90. The summed E-state index contributed by atoms with van der Waals surface area (Å²) in [5.41, 5.74) is 0. The van der Waals surface area contributed by atoms with Crippen molar-refractivity contribution in [3.8, 4) is 0 Å². The van der Waals surface area contributed by atoms with E-state index in [0.717, 1.165) is 0 Å². The van der Waals surface area contributed by atoms with Gasteiger partial charge < -0.3 is 16.4 Å². The van der Waals surface area contributed by atoms with Crippen molar-refractivity contribution in [1.29, 1.82) is 0 Å². The van der Waals surface area contributed by atoms with E-state index in [1.165, 1.54) is 0 Å². The van der Waals surface area contributed by atoms with E-state index in [4.69, 9.17) is 9.47 Å². The molecule has 1 rings (SSSR count). The molecule has 1 aliphatic heterocycles. The molecule has 1 heterocycles. The standard InChI is InChI=1S/C10H19O2.W.Y/c1-6-7(2)10(11-5)9(4)12-8(6)3;;/h6-10H,3H2,1-2,4-5H3;;/q-1;;/t6-,7?,8?,9+,10?;;/m1../s1. The van der Waals surface area contributed by atoms with Gasteiger partial charge in [-0.1, -0.05) is 20.0 Å². The normalized spacial score (nSPS) is 42.2. The zero-order chi connectivity index (χ0) is 9.30. The zero-order valence-electron chi connectivity index (χ0n) is 9.40. The third kappa shape index (κ3) is 3.94. The average molecular weight is 444 g/mol. The quantitative estimate of drug-likeness (QED) is 0.576. The topological polar surface area (TPSA) is 18.5 Å². The van der Waals surface area contributed by atoms with Crippen LogP contribution in [0.1, 0.15) is 20.8 Å². The van der Waals surface area contributed by atoms with Crippen LogP contribution in [0.2, 0.25) is 0 Å². The Hall–Kier alpha value is 1.71. The van der Waals surface area contributed by atoms with E-state index in [0.29, 0.717) is 11.8 Å². The van der Waals surface area contributed by atoms with Crippen LogP contribution in [0.25, 0.3) is 0 Å². The first-order chi connectivity index (χ1) is 5.57. The van der Waals surface area contributed by atoms with Crippen molar-refractivity contribution in [2.24, 2.45) is 11.8 Å². The minimum atomic E-state index is 0. The van der Waals surface area contributed by atoms with Crippen LogP contribution in [0.4, 0.5) is 0 Å². The molecule has 4 heteroatoms. The van der Waals surface area contributed by atoms with E-state index >= 15 is 0 Å². The predicted octanol–water partition coefficient (Wildman–Crippen LogP) is 1.89. The molecule has 0 N–H and O–H groups in total. The van der Waals surface area contributed by atoms with E-state index in [-0.39, 0.29) is 72.1 Å². The molecule has 0 aromatic heterocycles. The molecule has 0 amide bonds. The van der Waals surface area contributed by atoms with Crippen LogP contribution in [0, 0.1) is 18.8 Å². The van der Waals surface area contributed by atoms with Gasteiger partial charge in [0, 0.05) is 60.9 Å². The third-order valence-electron chi connectivity index (χ3n) is 3.06. The molecule has 0 bridgehead atoms. The van der Waals surface area contributed by atoms with E-state index < -0.39 is 0 Å². The molecule has 1 radical (unpaired) electrons. The molecule has 3 unspecified atom stereocenters. The maximum absolute atomic E-state index is 5.64. The van der Waals surface area contributed by atoms with Crippen molar-refractivity contribution in [3.63, 3.8) is 0 Å². The van der Waals surface area contributed by atoms with Gasteiger partial charge in [0.25, 0.3) is 0 Å². The molecule has 0 aromatic rings. The largest absolute Gasteiger partial charge is 0.404 e. The predicted molar refractivity (Wildman–Crippen MR) is 48.8 cm³/mol. The molecule has 1 fully saturated rings. The third-order valence-corrected chi connectivity index (χ3v) is 3.06. The van der Waals surface area contributed by atoms with Gasteiger partial charge in [-0.25, -0.2) is 0 Å². The van der Waals surface area contributed by atoms with Crippen LogP contribution in [0.3, 0.4) is 0 Å². The molecule has 2 nitrogen and oxygen atoms in total. The van der Waals surface area contributed by atoms with Gasteiger partial charge in [0.1, 0.15) is 0 Å². The maximum atomic E-state index is 5.64. The van der Waals surface area contributed by atoms with Crippen molar-refractivity contribution in [3.05, 3.63) is 6.92 Å². The second-order valence-corrected chi connectivity index (χ2v) is 3.80. The summed E-state index contributed by atoms with van der Waals surface area (Å²) in [4.78, 5) is 0. The molecule has 0 spiro atoms. The van der Waals surface area contributed by atoms with E-state index in [1.54, 1.807) is 7.11 Å². The van der Waals surface area contributed by atoms with Crippen molar-refractivity contribution in [2.45, 2.75) is 39.1 Å². The Morgan fingerprint density at radius 2 is 1.64 bits per heavy atom. The van der Waals surface area contributed by atoms with Crippen molar-refractivity contribution < 1.29 is 63.2 Å². The van der Waals surface area contributed by atoms with E-state index in [1.807, 2.05) is 0 Å². The van der Waals surface area contributed by atoms with Gasteiger partial charge in [0.15, 0.2) is 0 Å². The van der Waals surface area contributed by atoms with Gasteiger partial charge in [0.2, 0.25) is 0 Å².